The van der Waals surface area contributed by atoms with E-state index in [2.05, 4.69) is 10.4 Å². The Morgan fingerprint density at radius 3 is 2.53 bits per heavy atom. The molecule has 1 amide bonds. The molecule has 4 aromatic rings. The van der Waals surface area contributed by atoms with Crippen molar-refractivity contribution < 1.29 is 13.9 Å². The minimum absolute atomic E-state index is 0.235. The number of amides is 1. The van der Waals surface area contributed by atoms with Crippen LogP contribution >= 0.6 is 23.2 Å². The van der Waals surface area contributed by atoms with E-state index in [-0.39, 0.29) is 18.5 Å². The molecule has 0 radical (unpaired) electrons. The lowest BCUT2D eigenvalue weighted by atomic mass is 10.1. The number of aromatic nitrogens is 2. The molecule has 0 spiro atoms. The zero-order valence-corrected chi connectivity index (χ0v) is 18.4. The Bertz CT molecular complexity index is 1200. The maximum atomic E-state index is 13.2. The Labute approximate surface area is 194 Å². The third-order valence-electron chi connectivity index (χ3n) is 4.93. The first-order chi connectivity index (χ1) is 15.5. The van der Waals surface area contributed by atoms with Gasteiger partial charge in [0.05, 0.1) is 23.4 Å². The monoisotopic (exact) mass is 471 g/mol. The van der Waals surface area contributed by atoms with Gasteiger partial charge in [0.1, 0.15) is 18.2 Å². The lowest BCUT2D eigenvalue weighted by Crippen LogP contribution is -2.43. The van der Waals surface area contributed by atoms with Crippen molar-refractivity contribution in [2.45, 2.75) is 17.3 Å². The smallest absolute Gasteiger partial charge is 0.253 e. The van der Waals surface area contributed by atoms with Crippen LogP contribution in [0, 0.1) is 5.82 Å². The van der Waals surface area contributed by atoms with E-state index in [0.717, 1.165) is 22.2 Å². The van der Waals surface area contributed by atoms with E-state index in [1.54, 1.807) is 23.0 Å². The summed E-state index contributed by atoms with van der Waals surface area (Å²) in [6.45, 7) is 0.235. The molecule has 0 saturated heterocycles. The van der Waals surface area contributed by atoms with Crippen LogP contribution in [0.2, 0.25) is 0 Å². The van der Waals surface area contributed by atoms with Crippen LogP contribution in [-0.2, 0) is 11.2 Å². The number of fused-ring (bicyclic) bond motifs is 1. The molecule has 1 unspecified atom stereocenters. The van der Waals surface area contributed by atoms with Crippen LogP contribution in [0.3, 0.4) is 0 Å². The number of halogens is 3. The number of nitrogens with zero attached hydrogens (tertiary/aromatic N) is 2. The normalized spacial score (nSPS) is 12.1. The lowest BCUT2D eigenvalue weighted by molar-refractivity contribution is -0.120. The molecule has 1 atom stereocenters. The molecule has 0 saturated carbocycles. The summed E-state index contributed by atoms with van der Waals surface area (Å²) in [7, 11) is 0. The van der Waals surface area contributed by atoms with E-state index >= 15 is 0 Å². The second-order valence-corrected chi connectivity index (χ2v) is 8.36. The highest BCUT2D eigenvalue weighted by atomic mass is 35.5. The highest BCUT2D eigenvalue weighted by Crippen LogP contribution is 2.23. The number of carbonyl (C=O) groups is 1. The summed E-state index contributed by atoms with van der Waals surface area (Å²) >= 11 is 11.4. The maximum absolute atomic E-state index is 13.2. The summed E-state index contributed by atoms with van der Waals surface area (Å²) in [5.41, 5.74) is 2.68. The Morgan fingerprint density at radius 1 is 1.06 bits per heavy atom. The molecule has 8 heteroatoms. The van der Waals surface area contributed by atoms with Crippen LogP contribution in [-0.4, -0.2) is 33.2 Å². The predicted octanol–water partition coefficient (Wildman–Crippen LogP) is 5.07. The van der Waals surface area contributed by atoms with Crippen molar-refractivity contribution in [2.75, 3.05) is 6.61 Å². The van der Waals surface area contributed by atoms with Gasteiger partial charge in [-0.3, -0.25) is 4.79 Å². The first-order valence-electron chi connectivity index (χ1n) is 9.98. The number of nitrogens with one attached hydrogen (secondary N) is 1. The van der Waals surface area contributed by atoms with Gasteiger partial charge in [-0.2, -0.15) is 5.10 Å². The third kappa shape index (κ3) is 5.39. The predicted molar refractivity (Wildman–Crippen MR) is 124 cm³/mol. The van der Waals surface area contributed by atoms with Crippen molar-refractivity contribution in [1.29, 1.82) is 0 Å². The number of rotatable bonds is 8. The van der Waals surface area contributed by atoms with Gasteiger partial charge in [0.25, 0.3) is 5.91 Å². The molecule has 4 rings (SSSR count). The number of alkyl halides is 2. The van der Waals surface area contributed by atoms with Crippen molar-refractivity contribution >= 4 is 40.0 Å². The van der Waals surface area contributed by atoms with Gasteiger partial charge in [-0.15, -0.1) is 0 Å². The Morgan fingerprint density at radius 2 is 1.81 bits per heavy atom. The van der Waals surface area contributed by atoms with Crippen LogP contribution in [0.1, 0.15) is 5.56 Å². The van der Waals surface area contributed by atoms with Crippen LogP contribution < -0.4 is 10.1 Å². The number of ether oxygens (including phenoxy) is 1. The Kier molecular flexibility index (Phi) is 6.93. The van der Waals surface area contributed by atoms with E-state index in [0.29, 0.717) is 12.2 Å². The molecule has 1 heterocycles. The molecule has 0 bridgehead atoms. The van der Waals surface area contributed by atoms with Gasteiger partial charge in [0, 0.05) is 5.39 Å². The highest BCUT2D eigenvalue weighted by Gasteiger charge is 2.19. The number of carbonyl (C=O) groups excluding carboxylic acids is 1. The van der Waals surface area contributed by atoms with E-state index in [9.17, 15) is 9.18 Å². The third-order valence-corrected chi connectivity index (χ3v) is 5.33. The van der Waals surface area contributed by atoms with Crippen LogP contribution in [0.5, 0.6) is 5.75 Å². The zero-order valence-electron chi connectivity index (χ0n) is 16.9. The molecular formula is C24H20Cl2FN3O2. The van der Waals surface area contributed by atoms with E-state index in [1.165, 1.54) is 12.1 Å². The van der Waals surface area contributed by atoms with Gasteiger partial charge < -0.3 is 10.1 Å². The largest absolute Gasteiger partial charge is 0.491 e. The van der Waals surface area contributed by atoms with Gasteiger partial charge >= 0.3 is 0 Å². The fourth-order valence-electron chi connectivity index (χ4n) is 3.40. The molecule has 3 aromatic carbocycles. The average Bonchev–Trinajstić information content (AvgIpc) is 3.22. The Balaban J connectivity index is 1.49. The summed E-state index contributed by atoms with van der Waals surface area (Å²) in [5.74, 6) is -0.127. The summed E-state index contributed by atoms with van der Waals surface area (Å²) in [4.78, 5) is 10.9. The molecule has 0 aliphatic carbocycles. The van der Waals surface area contributed by atoms with Crippen LogP contribution in [0.25, 0.3) is 16.6 Å². The fourth-order valence-corrected chi connectivity index (χ4v) is 3.53. The van der Waals surface area contributed by atoms with E-state index in [4.69, 9.17) is 27.9 Å². The minimum Gasteiger partial charge on any atom is -0.491 e. The highest BCUT2D eigenvalue weighted by molar-refractivity contribution is 6.53. The molecular weight excluding hydrogens is 452 g/mol. The van der Waals surface area contributed by atoms with Crippen molar-refractivity contribution in [2.24, 2.45) is 0 Å². The molecule has 1 aromatic heterocycles. The second kappa shape index (κ2) is 10.0. The SMILES string of the molecule is O=C(NC(COc1ccc2c(cnn2-c2ccc(F)cc2)c1)Cc1ccccc1)C(Cl)Cl. The fraction of sp³-hybridized carbons (Fsp3) is 0.167. The standard InChI is InChI=1S/C24H20Cl2FN3O2/c25-23(26)24(31)29-19(12-16-4-2-1-3-5-16)15-32-21-10-11-22-17(13-21)14-28-30(22)20-8-6-18(27)7-9-20/h1-11,13-14,19,23H,12,15H2,(H,29,31). The lowest BCUT2D eigenvalue weighted by Gasteiger charge is -2.20. The van der Waals surface area contributed by atoms with Crippen molar-refractivity contribution in [3.8, 4) is 11.4 Å². The first kappa shape index (κ1) is 22.1. The van der Waals surface area contributed by atoms with Crippen molar-refractivity contribution in [3.63, 3.8) is 0 Å². The summed E-state index contributed by atoms with van der Waals surface area (Å²) in [5, 5.41) is 8.10. The molecule has 5 nitrogen and oxygen atoms in total. The van der Waals surface area contributed by atoms with E-state index in [1.807, 2.05) is 48.5 Å². The van der Waals surface area contributed by atoms with Crippen LogP contribution in [0.4, 0.5) is 4.39 Å². The summed E-state index contributed by atoms with van der Waals surface area (Å²) < 4.78 is 20.9. The van der Waals surface area contributed by atoms with Gasteiger partial charge in [0.2, 0.25) is 0 Å². The van der Waals surface area contributed by atoms with Gasteiger partial charge in [0.15, 0.2) is 4.84 Å². The molecule has 0 aliphatic heterocycles. The summed E-state index contributed by atoms with van der Waals surface area (Å²) in [6.07, 6.45) is 2.29. The van der Waals surface area contributed by atoms with Gasteiger partial charge in [-0.1, -0.05) is 53.5 Å². The number of hydrogen-bond donors (Lipinski definition) is 1. The van der Waals surface area contributed by atoms with Gasteiger partial charge in [-0.05, 0) is 54.4 Å². The molecule has 1 N–H and O–H groups in total. The average molecular weight is 472 g/mol. The first-order valence-corrected chi connectivity index (χ1v) is 10.9. The molecule has 0 aliphatic rings. The molecule has 32 heavy (non-hydrogen) atoms. The second-order valence-electron chi connectivity index (χ2n) is 7.26. The Hall–Kier alpha value is -3.09. The summed E-state index contributed by atoms with van der Waals surface area (Å²) in [6, 6.07) is 21.2. The van der Waals surface area contributed by atoms with Crippen molar-refractivity contribution in [3.05, 3.63) is 90.4 Å². The number of benzene rings is 3. The minimum atomic E-state index is -1.15. The quantitative estimate of drug-likeness (QED) is 0.364. The molecule has 0 fully saturated rings. The zero-order chi connectivity index (χ0) is 22.5. The van der Waals surface area contributed by atoms with Crippen molar-refractivity contribution in [1.82, 2.24) is 15.1 Å². The maximum Gasteiger partial charge on any atom is 0.253 e. The topological polar surface area (TPSA) is 56.1 Å². The van der Waals surface area contributed by atoms with Gasteiger partial charge in [-0.25, -0.2) is 9.07 Å². The number of hydrogen-bond acceptors (Lipinski definition) is 3. The van der Waals surface area contributed by atoms with E-state index < -0.39 is 10.7 Å². The molecule has 164 valence electrons. The van der Waals surface area contributed by atoms with Crippen LogP contribution in [0.15, 0.2) is 79.0 Å².